The quantitative estimate of drug-likeness (QED) is 0.703. The first-order chi connectivity index (χ1) is 7.65. The van der Waals surface area contributed by atoms with E-state index in [0.29, 0.717) is 0 Å². The Labute approximate surface area is 94.8 Å². The second kappa shape index (κ2) is 4.82. The zero-order chi connectivity index (χ0) is 11.5. The molecule has 1 amide bonds. The van der Waals surface area contributed by atoms with E-state index in [2.05, 4.69) is 10.2 Å². The highest BCUT2D eigenvalue weighted by Gasteiger charge is 2.34. The van der Waals surface area contributed by atoms with Gasteiger partial charge in [0.2, 0.25) is 5.91 Å². The van der Waals surface area contributed by atoms with Gasteiger partial charge >= 0.3 is 5.97 Å². The molecule has 1 atom stereocenters. The first-order valence-corrected chi connectivity index (χ1v) is 5.90. The molecule has 1 aliphatic heterocycles. The summed E-state index contributed by atoms with van der Waals surface area (Å²) in [7, 11) is 0. The number of nitrogens with one attached hydrogen (secondary N) is 1. The first kappa shape index (κ1) is 11.4. The van der Waals surface area contributed by atoms with Gasteiger partial charge in [-0.1, -0.05) is 0 Å². The molecule has 1 aliphatic carbocycles. The minimum atomic E-state index is -0.916. The summed E-state index contributed by atoms with van der Waals surface area (Å²) in [6, 6.07) is 0.975. The number of carboxylic acid groups (broad SMARTS) is 1. The number of aliphatic carboxylic acids is 1. The molecule has 0 aromatic heterocycles. The highest BCUT2D eigenvalue weighted by atomic mass is 16.4. The lowest BCUT2D eigenvalue weighted by Gasteiger charge is -2.15. The van der Waals surface area contributed by atoms with E-state index in [-0.39, 0.29) is 24.8 Å². The van der Waals surface area contributed by atoms with Crippen LogP contribution in [0.5, 0.6) is 0 Å². The Morgan fingerprint density at radius 1 is 1.25 bits per heavy atom. The Balaban J connectivity index is 1.65. The van der Waals surface area contributed by atoms with Crippen LogP contribution >= 0.6 is 0 Å². The Bertz CT molecular complexity index is 289. The van der Waals surface area contributed by atoms with Gasteiger partial charge in [-0.3, -0.25) is 14.5 Å². The summed E-state index contributed by atoms with van der Waals surface area (Å²) < 4.78 is 0. The van der Waals surface area contributed by atoms with Crippen molar-refractivity contribution in [2.45, 2.75) is 44.2 Å². The van der Waals surface area contributed by atoms with Crippen LogP contribution in [0.3, 0.4) is 0 Å². The molecule has 5 nitrogen and oxygen atoms in total. The summed E-state index contributed by atoms with van der Waals surface area (Å²) in [5.41, 5.74) is 0. The molecule has 0 bridgehead atoms. The lowest BCUT2D eigenvalue weighted by atomic mass is 10.2. The molecule has 2 aliphatic rings. The fourth-order valence-electron chi connectivity index (χ4n) is 2.20. The molecule has 16 heavy (non-hydrogen) atoms. The Morgan fingerprint density at radius 2 is 2.00 bits per heavy atom. The van der Waals surface area contributed by atoms with Crippen molar-refractivity contribution in [1.29, 1.82) is 0 Å². The van der Waals surface area contributed by atoms with E-state index in [4.69, 9.17) is 5.11 Å². The van der Waals surface area contributed by atoms with Gasteiger partial charge in [-0.05, 0) is 19.3 Å². The van der Waals surface area contributed by atoms with Gasteiger partial charge in [0.25, 0.3) is 0 Å². The highest BCUT2D eigenvalue weighted by molar-refractivity contribution is 5.80. The zero-order valence-electron chi connectivity index (χ0n) is 9.32. The van der Waals surface area contributed by atoms with Gasteiger partial charge in [-0.2, -0.15) is 0 Å². The van der Waals surface area contributed by atoms with E-state index in [0.717, 1.165) is 25.6 Å². The van der Waals surface area contributed by atoms with Crippen LogP contribution in [0, 0.1) is 0 Å². The number of amides is 1. The molecule has 5 heteroatoms. The van der Waals surface area contributed by atoms with Crippen LogP contribution in [0.25, 0.3) is 0 Å². The van der Waals surface area contributed by atoms with Crippen molar-refractivity contribution in [1.82, 2.24) is 10.2 Å². The highest BCUT2D eigenvalue weighted by Crippen LogP contribution is 2.29. The van der Waals surface area contributed by atoms with E-state index in [1.807, 2.05) is 0 Å². The smallest absolute Gasteiger partial charge is 0.303 e. The van der Waals surface area contributed by atoms with Gasteiger partial charge in [0.05, 0.1) is 6.42 Å². The summed E-state index contributed by atoms with van der Waals surface area (Å²) in [6.07, 6.45) is 3.59. The Morgan fingerprint density at radius 3 is 2.62 bits per heavy atom. The minimum absolute atomic E-state index is 0.0785. The number of hydrogen-bond donors (Lipinski definition) is 2. The average Bonchev–Trinajstić information content (AvgIpc) is 2.98. The van der Waals surface area contributed by atoms with Crippen molar-refractivity contribution >= 4 is 11.9 Å². The standard InChI is InChI=1S/C11H18N2O3/c14-10(3-4-11(15)16)12-8-5-6-13(7-8)9-1-2-9/h8-9H,1-7H2,(H,12,14)(H,15,16). The maximum absolute atomic E-state index is 11.4. The predicted molar refractivity (Wildman–Crippen MR) is 58.0 cm³/mol. The summed E-state index contributed by atoms with van der Waals surface area (Å²) in [5.74, 6) is -1.05. The molecular weight excluding hydrogens is 208 g/mol. The van der Waals surface area contributed by atoms with E-state index in [9.17, 15) is 9.59 Å². The topological polar surface area (TPSA) is 69.6 Å². The maximum Gasteiger partial charge on any atom is 0.303 e. The molecule has 1 saturated heterocycles. The van der Waals surface area contributed by atoms with Gasteiger partial charge in [0.15, 0.2) is 0 Å². The van der Waals surface area contributed by atoms with Crippen LogP contribution in [0.2, 0.25) is 0 Å². The first-order valence-electron chi connectivity index (χ1n) is 5.90. The maximum atomic E-state index is 11.4. The summed E-state index contributed by atoms with van der Waals surface area (Å²) >= 11 is 0. The van der Waals surface area contributed by atoms with Gasteiger partial charge < -0.3 is 10.4 Å². The Kier molecular flexibility index (Phi) is 3.43. The number of carbonyl (C=O) groups excluding carboxylic acids is 1. The monoisotopic (exact) mass is 226 g/mol. The van der Waals surface area contributed by atoms with Crippen LogP contribution in [-0.2, 0) is 9.59 Å². The SMILES string of the molecule is O=C(O)CCC(=O)NC1CCN(C2CC2)C1. The van der Waals surface area contributed by atoms with Crippen LogP contribution in [-0.4, -0.2) is 47.1 Å². The van der Waals surface area contributed by atoms with Gasteiger partial charge in [-0.25, -0.2) is 0 Å². The number of carbonyl (C=O) groups is 2. The van der Waals surface area contributed by atoms with E-state index in [1.165, 1.54) is 12.8 Å². The molecule has 2 fully saturated rings. The van der Waals surface area contributed by atoms with Gasteiger partial charge in [0, 0.05) is 31.6 Å². The number of carboxylic acids is 1. The predicted octanol–water partition coefficient (Wildman–Crippen LogP) is 0.204. The van der Waals surface area contributed by atoms with Crippen molar-refractivity contribution < 1.29 is 14.7 Å². The minimum Gasteiger partial charge on any atom is -0.481 e. The van der Waals surface area contributed by atoms with E-state index < -0.39 is 5.97 Å². The third kappa shape index (κ3) is 3.20. The van der Waals surface area contributed by atoms with Crippen molar-refractivity contribution in [2.75, 3.05) is 13.1 Å². The van der Waals surface area contributed by atoms with Gasteiger partial charge in [0.1, 0.15) is 0 Å². The molecule has 1 saturated carbocycles. The number of nitrogens with zero attached hydrogens (tertiary/aromatic N) is 1. The lowest BCUT2D eigenvalue weighted by molar-refractivity contribution is -0.138. The molecule has 0 spiro atoms. The summed E-state index contributed by atoms with van der Waals surface area (Å²) in [6.45, 7) is 2.00. The number of rotatable bonds is 5. The fraction of sp³-hybridized carbons (Fsp3) is 0.818. The molecule has 2 rings (SSSR count). The molecular formula is C11H18N2O3. The van der Waals surface area contributed by atoms with Gasteiger partial charge in [-0.15, -0.1) is 0 Å². The molecule has 0 radical (unpaired) electrons. The van der Waals surface area contributed by atoms with E-state index >= 15 is 0 Å². The molecule has 0 aromatic carbocycles. The molecule has 1 heterocycles. The molecule has 1 unspecified atom stereocenters. The van der Waals surface area contributed by atoms with Crippen molar-refractivity contribution in [3.05, 3.63) is 0 Å². The van der Waals surface area contributed by atoms with E-state index in [1.54, 1.807) is 0 Å². The van der Waals surface area contributed by atoms with Crippen molar-refractivity contribution in [3.8, 4) is 0 Å². The average molecular weight is 226 g/mol. The molecule has 0 aromatic rings. The summed E-state index contributed by atoms with van der Waals surface area (Å²) in [5, 5.41) is 11.4. The number of hydrogen-bond acceptors (Lipinski definition) is 3. The normalized spacial score (nSPS) is 25.6. The second-order valence-corrected chi connectivity index (χ2v) is 4.67. The Hall–Kier alpha value is -1.10. The third-order valence-corrected chi connectivity index (χ3v) is 3.21. The van der Waals surface area contributed by atoms with Crippen molar-refractivity contribution in [3.63, 3.8) is 0 Å². The second-order valence-electron chi connectivity index (χ2n) is 4.67. The lowest BCUT2D eigenvalue weighted by Crippen LogP contribution is -2.37. The third-order valence-electron chi connectivity index (χ3n) is 3.21. The van der Waals surface area contributed by atoms with Crippen LogP contribution in [0.15, 0.2) is 0 Å². The van der Waals surface area contributed by atoms with Crippen molar-refractivity contribution in [2.24, 2.45) is 0 Å². The molecule has 90 valence electrons. The number of likely N-dealkylation sites (tertiary alicyclic amines) is 1. The largest absolute Gasteiger partial charge is 0.481 e. The zero-order valence-corrected chi connectivity index (χ0v) is 9.32. The fourth-order valence-corrected chi connectivity index (χ4v) is 2.20. The van der Waals surface area contributed by atoms with Crippen LogP contribution < -0.4 is 5.32 Å². The van der Waals surface area contributed by atoms with Crippen LogP contribution in [0.1, 0.15) is 32.1 Å². The van der Waals surface area contributed by atoms with Crippen LogP contribution in [0.4, 0.5) is 0 Å². The molecule has 2 N–H and O–H groups in total. The summed E-state index contributed by atoms with van der Waals surface area (Å²) in [4.78, 5) is 24.1.